The van der Waals surface area contributed by atoms with E-state index in [1.54, 1.807) is 12.4 Å². The third kappa shape index (κ3) is 12.5. The van der Waals surface area contributed by atoms with Crippen LogP contribution in [0.4, 0.5) is 0 Å². The van der Waals surface area contributed by atoms with Gasteiger partial charge in [0.05, 0.1) is 22.8 Å². The van der Waals surface area contributed by atoms with Gasteiger partial charge in [0.15, 0.2) is 11.6 Å². The van der Waals surface area contributed by atoms with Crippen LogP contribution < -0.4 is 0 Å². The summed E-state index contributed by atoms with van der Waals surface area (Å²) in [7, 11) is 0. The van der Waals surface area contributed by atoms with Gasteiger partial charge in [-0.15, -0.1) is 0 Å². The first kappa shape index (κ1) is 58.2. The van der Waals surface area contributed by atoms with E-state index in [-0.39, 0.29) is 0 Å². The number of rotatable bonds is 12. The van der Waals surface area contributed by atoms with Gasteiger partial charge in [-0.25, -0.2) is 19.9 Å². The molecule has 4 heterocycles. The topological polar surface area (TPSA) is 77.3 Å². The van der Waals surface area contributed by atoms with E-state index in [4.69, 9.17) is 19.9 Å². The molecule has 0 aliphatic carbocycles. The molecule has 0 amide bonds. The normalized spacial score (nSPS) is 11.1. The van der Waals surface area contributed by atoms with Crippen molar-refractivity contribution in [2.45, 2.75) is 0 Å². The second kappa shape index (κ2) is 26.4. The zero-order chi connectivity index (χ0) is 64.0. The minimum atomic E-state index is 0.689. The van der Waals surface area contributed by atoms with Gasteiger partial charge in [0.1, 0.15) is 0 Å². The fourth-order valence-corrected chi connectivity index (χ4v) is 12.6. The Morgan fingerprint density at radius 3 is 0.958 bits per heavy atom. The van der Waals surface area contributed by atoms with Crippen LogP contribution in [0.5, 0.6) is 0 Å². The van der Waals surface area contributed by atoms with Crippen LogP contribution in [0.1, 0.15) is 0 Å². The molecule has 0 saturated heterocycles. The van der Waals surface area contributed by atoms with E-state index in [2.05, 4.69) is 331 Å². The molecule has 0 aliphatic heterocycles. The molecule has 0 spiro atoms. The number of hydrogen-bond acceptors (Lipinski definition) is 6. The average Bonchev–Trinajstić information content (AvgIpc) is 0.872. The van der Waals surface area contributed by atoms with Crippen LogP contribution in [0.3, 0.4) is 0 Å². The molecular weight excluding hydrogens is 1170 g/mol. The molecule has 450 valence electrons. The van der Waals surface area contributed by atoms with Crippen molar-refractivity contribution in [3.05, 3.63) is 365 Å². The fourth-order valence-electron chi connectivity index (χ4n) is 12.6. The van der Waals surface area contributed by atoms with E-state index < -0.39 is 0 Å². The SMILES string of the molecule is c1ccc(-c2ccc(-c3nc(-c4ccc(-c5cccnc5)cc4)cc(-c4ccc(-c5ccc6ccccc6c5)cc4)n3)cc2)cc1.c1cncc(-c2ccc(-c3cc(-c4ccc(-c5ccc6ccccc6c5)cc4)nc(-c4cccc(-c5cccc6ccccc56)c4)n3)cc2)c1. The van der Waals surface area contributed by atoms with E-state index in [1.807, 2.05) is 30.6 Å². The summed E-state index contributed by atoms with van der Waals surface area (Å²) in [4.78, 5) is 29.1. The first-order valence-electron chi connectivity index (χ1n) is 32.3. The van der Waals surface area contributed by atoms with Crippen molar-refractivity contribution in [3.63, 3.8) is 0 Å². The van der Waals surface area contributed by atoms with Crippen LogP contribution >= 0.6 is 0 Å². The molecule has 0 unspecified atom stereocenters. The van der Waals surface area contributed by atoms with E-state index >= 15 is 0 Å². The maximum Gasteiger partial charge on any atom is 0.160 e. The predicted octanol–water partition coefficient (Wildman–Crippen LogP) is 23.2. The number of aromatic nitrogens is 6. The van der Waals surface area contributed by atoms with Gasteiger partial charge in [0.2, 0.25) is 0 Å². The van der Waals surface area contributed by atoms with Gasteiger partial charge >= 0.3 is 0 Å². The Hall–Kier alpha value is -12.9. The molecule has 13 aromatic carbocycles. The molecule has 0 N–H and O–H groups in total. The van der Waals surface area contributed by atoms with Crippen molar-refractivity contribution >= 4 is 32.3 Å². The molecule has 0 radical (unpaired) electrons. The quantitative estimate of drug-likeness (QED) is 0.121. The Balaban J connectivity index is 0.000000152. The first-order valence-corrected chi connectivity index (χ1v) is 32.3. The average molecular weight is 1230 g/mol. The third-order valence-corrected chi connectivity index (χ3v) is 17.8. The maximum atomic E-state index is 5.19. The van der Waals surface area contributed by atoms with Crippen LogP contribution in [-0.2, 0) is 0 Å². The predicted molar refractivity (Wildman–Crippen MR) is 397 cm³/mol. The highest BCUT2D eigenvalue weighted by atomic mass is 14.9. The third-order valence-electron chi connectivity index (χ3n) is 17.8. The summed E-state index contributed by atoms with van der Waals surface area (Å²) in [5, 5.41) is 7.41. The molecule has 6 nitrogen and oxygen atoms in total. The lowest BCUT2D eigenvalue weighted by Gasteiger charge is -2.12. The Bertz CT molecular complexity index is 5480. The Morgan fingerprint density at radius 1 is 0.167 bits per heavy atom. The summed E-state index contributed by atoms with van der Waals surface area (Å²) < 4.78 is 0. The molecule has 17 aromatic rings. The lowest BCUT2D eigenvalue weighted by atomic mass is 9.96. The van der Waals surface area contributed by atoms with Crippen LogP contribution in [-0.4, -0.2) is 29.9 Å². The lowest BCUT2D eigenvalue weighted by molar-refractivity contribution is 1.18. The molecule has 0 atom stereocenters. The summed E-state index contributed by atoms with van der Waals surface area (Å²) in [6.45, 7) is 0. The van der Waals surface area contributed by atoms with Crippen molar-refractivity contribution in [1.82, 2.24) is 29.9 Å². The second-order valence-electron chi connectivity index (χ2n) is 23.9. The van der Waals surface area contributed by atoms with Crippen molar-refractivity contribution in [2.24, 2.45) is 0 Å². The Kier molecular flexibility index (Phi) is 16.0. The molecular formula is C90H60N6. The summed E-state index contributed by atoms with van der Waals surface area (Å²) in [6.07, 6.45) is 7.37. The smallest absolute Gasteiger partial charge is 0.160 e. The number of pyridine rings is 2. The van der Waals surface area contributed by atoms with E-state index in [1.165, 1.54) is 65.7 Å². The van der Waals surface area contributed by atoms with Gasteiger partial charge in [-0.2, -0.15) is 0 Å². The van der Waals surface area contributed by atoms with Gasteiger partial charge in [0.25, 0.3) is 0 Å². The van der Waals surface area contributed by atoms with Gasteiger partial charge in [-0.05, 0) is 142 Å². The fraction of sp³-hybridized carbons (Fsp3) is 0. The van der Waals surface area contributed by atoms with Crippen molar-refractivity contribution in [3.8, 4) is 135 Å². The van der Waals surface area contributed by atoms with Gasteiger partial charge in [-0.3, -0.25) is 9.97 Å². The maximum absolute atomic E-state index is 5.19. The van der Waals surface area contributed by atoms with Gasteiger partial charge in [-0.1, -0.05) is 297 Å². The largest absolute Gasteiger partial charge is 0.264 e. The number of hydrogen-bond donors (Lipinski definition) is 0. The molecule has 0 aliphatic rings. The monoisotopic (exact) mass is 1220 g/mol. The summed E-state index contributed by atoms with van der Waals surface area (Å²) >= 11 is 0. The molecule has 6 heteroatoms. The molecule has 0 fully saturated rings. The van der Waals surface area contributed by atoms with Crippen LogP contribution in [0.25, 0.3) is 167 Å². The number of nitrogens with zero attached hydrogens (tertiary/aromatic N) is 6. The molecule has 96 heavy (non-hydrogen) atoms. The minimum absolute atomic E-state index is 0.689. The minimum Gasteiger partial charge on any atom is -0.264 e. The van der Waals surface area contributed by atoms with Gasteiger partial charge < -0.3 is 0 Å². The molecule has 17 rings (SSSR count). The van der Waals surface area contributed by atoms with E-state index in [0.717, 1.165) is 89.5 Å². The number of fused-ring (bicyclic) bond motifs is 3. The standard InChI is InChI=1S/C47H31N3.C43H29N3/c1-2-10-38-28-39(26-21-32(38)8-1)33-17-22-36(23-18-33)45-30-46(37-24-19-34(20-25-37)42-14-7-27-48-31-42)50-47(49-45)41-13-5-12-40(29-41)44-16-6-11-35-9-3-4-15-43(35)44;1-2-7-30(8-3-1)32-16-23-37(24-17-32)43-45-41(28-42(46-43)36-21-14-34(15-22-36)40-11-6-26-44-29-40)35-19-12-33(13-20-35)39-25-18-31-9-4-5-10-38(31)27-39/h1-31H;1-29H. The summed E-state index contributed by atoms with van der Waals surface area (Å²) in [5.74, 6) is 1.39. The lowest BCUT2D eigenvalue weighted by Crippen LogP contribution is -1.96. The van der Waals surface area contributed by atoms with Crippen LogP contribution in [0.15, 0.2) is 365 Å². The highest BCUT2D eigenvalue weighted by Gasteiger charge is 2.16. The van der Waals surface area contributed by atoms with Crippen LogP contribution in [0, 0.1) is 0 Å². The van der Waals surface area contributed by atoms with Crippen LogP contribution in [0.2, 0.25) is 0 Å². The highest BCUT2D eigenvalue weighted by molar-refractivity contribution is 5.97. The van der Waals surface area contributed by atoms with Crippen molar-refractivity contribution < 1.29 is 0 Å². The first-order chi connectivity index (χ1) is 47.5. The molecule has 0 bridgehead atoms. The van der Waals surface area contributed by atoms with E-state index in [0.29, 0.717) is 11.6 Å². The Labute approximate surface area is 558 Å². The highest BCUT2D eigenvalue weighted by Crippen LogP contribution is 2.37. The summed E-state index contributed by atoms with van der Waals surface area (Å²) in [6, 6.07) is 119. The second-order valence-corrected chi connectivity index (χ2v) is 23.9. The van der Waals surface area contributed by atoms with E-state index in [9.17, 15) is 0 Å². The van der Waals surface area contributed by atoms with Crippen molar-refractivity contribution in [1.29, 1.82) is 0 Å². The van der Waals surface area contributed by atoms with Gasteiger partial charge in [0, 0.05) is 58.2 Å². The molecule has 4 aromatic heterocycles. The zero-order valence-electron chi connectivity index (χ0n) is 52.3. The molecule has 0 saturated carbocycles. The zero-order valence-corrected chi connectivity index (χ0v) is 52.3. The Morgan fingerprint density at radius 2 is 0.490 bits per heavy atom. The van der Waals surface area contributed by atoms with Crippen molar-refractivity contribution in [2.75, 3.05) is 0 Å². The number of benzene rings is 13. The summed E-state index contributed by atoms with van der Waals surface area (Å²) in [5.41, 5.74) is 23.4.